The molecule has 0 aromatic heterocycles. The molecule has 0 aliphatic heterocycles. The van der Waals surface area contributed by atoms with E-state index < -0.39 is 6.10 Å². The molecule has 0 amide bonds. The van der Waals surface area contributed by atoms with Gasteiger partial charge in [0.1, 0.15) is 0 Å². The number of rotatable bonds is 0. The molecule has 0 bridgehead atoms. The van der Waals surface area contributed by atoms with Gasteiger partial charge in [-0.05, 0) is 43.6 Å². The Hall–Kier alpha value is 0.950. The lowest BCUT2D eigenvalue weighted by molar-refractivity contribution is -0.00840. The maximum absolute atomic E-state index is 10.3. The van der Waals surface area contributed by atoms with E-state index >= 15 is 0 Å². The standard InChI is InChI=1S/C15H23Br2ClO/c1-9-10(19)7-11(16)13(2,3)15(9)6-5-14(4,18)12(17)8-15/h10-12,19H,1,5-8H2,2-4H3/t10-,11-,12-,14+,15-/m1/s1. The van der Waals surface area contributed by atoms with E-state index in [1.165, 1.54) is 0 Å². The predicted octanol–water partition coefficient (Wildman–Crippen LogP) is 5.03. The van der Waals surface area contributed by atoms with Gasteiger partial charge in [-0.15, -0.1) is 11.6 Å². The number of aliphatic hydroxyl groups is 1. The SMILES string of the molecule is C=C1[C@H](O)C[C@@H](Br)C(C)(C)[C@@]12CC[C@](C)(Cl)[C@H](Br)C2. The monoisotopic (exact) mass is 412 g/mol. The van der Waals surface area contributed by atoms with Gasteiger partial charge in [0, 0.05) is 15.1 Å². The van der Waals surface area contributed by atoms with Crippen LogP contribution in [0.1, 0.15) is 46.5 Å². The fourth-order valence-corrected chi connectivity index (χ4v) is 5.52. The quantitative estimate of drug-likeness (QED) is 0.435. The van der Waals surface area contributed by atoms with Crippen LogP contribution in [0.4, 0.5) is 0 Å². The molecule has 0 saturated heterocycles. The van der Waals surface area contributed by atoms with Crippen LogP contribution < -0.4 is 0 Å². The summed E-state index contributed by atoms with van der Waals surface area (Å²) in [7, 11) is 0. The smallest absolute Gasteiger partial charge is 0.0764 e. The third-order valence-electron chi connectivity index (χ3n) is 5.68. The molecule has 1 spiro atoms. The highest BCUT2D eigenvalue weighted by Crippen LogP contribution is 2.64. The second-order valence-corrected chi connectivity index (χ2v) is 10.1. The molecule has 0 unspecified atom stereocenters. The molecule has 1 nitrogen and oxygen atoms in total. The van der Waals surface area contributed by atoms with Crippen LogP contribution in [0.3, 0.4) is 0 Å². The van der Waals surface area contributed by atoms with Crippen LogP contribution in [0.2, 0.25) is 0 Å². The molecular formula is C15H23Br2ClO. The molecule has 0 radical (unpaired) electrons. The average Bonchev–Trinajstić information content (AvgIpc) is 2.30. The molecule has 0 aromatic carbocycles. The minimum atomic E-state index is -0.406. The Morgan fingerprint density at radius 1 is 1.21 bits per heavy atom. The first-order valence-electron chi connectivity index (χ1n) is 6.89. The molecule has 19 heavy (non-hydrogen) atoms. The van der Waals surface area contributed by atoms with Crippen molar-refractivity contribution in [3.05, 3.63) is 12.2 Å². The Kier molecular flexibility index (Phi) is 4.29. The predicted molar refractivity (Wildman–Crippen MR) is 89.5 cm³/mol. The van der Waals surface area contributed by atoms with Crippen molar-refractivity contribution in [2.75, 3.05) is 0 Å². The minimum Gasteiger partial charge on any atom is -0.389 e. The summed E-state index contributed by atoms with van der Waals surface area (Å²) in [6.45, 7) is 10.9. The third kappa shape index (κ3) is 2.37. The van der Waals surface area contributed by atoms with E-state index in [4.69, 9.17) is 11.6 Å². The first kappa shape index (κ1) is 16.3. The molecule has 2 aliphatic rings. The summed E-state index contributed by atoms with van der Waals surface area (Å²) in [4.78, 5) is 0.350. The lowest BCUT2D eigenvalue weighted by Gasteiger charge is -2.60. The highest BCUT2D eigenvalue weighted by Gasteiger charge is 2.59. The summed E-state index contributed by atoms with van der Waals surface area (Å²) in [6, 6.07) is 0. The van der Waals surface area contributed by atoms with Gasteiger partial charge in [-0.3, -0.25) is 0 Å². The number of alkyl halides is 3. The van der Waals surface area contributed by atoms with Crippen molar-refractivity contribution in [2.24, 2.45) is 10.8 Å². The van der Waals surface area contributed by atoms with Gasteiger partial charge in [-0.1, -0.05) is 52.3 Å². The van der Waals surface area contributed by atoms with E-state index in [1.807, 2.05) is 0 Å². The summed E-state index contributed by atoms with van der Waals surface area (Å²) in [5.41, 5.74) is 1.04. The van der Waals surface area contributed by atoms with Crippen molar-refractivity contribution in [1.82, 2.24) is 0 Å². The summed E-state index contributed by atoms with van der Waals surface area (Å²) in [6.07, 6.45) is 3.23. The Morgan fingerprint density at radius 3 is 2.32 bits per heavy atom. The lowest BCUT2D eigenvalue weighted by Crippen LogP contribution is -2.57. The molecule has 0 heterocycles. The largest absolute Gasteiger partial charge is 0.389 e. The van der Waals surface area contributed by atoms with Crippen LogP contribution in [-0.2, 0) is 0 Å². The highest BCUT2D eigenvalue weighted by atomic mass is 79.9. The Morgan fingerprint density at radius 2 is 1.79 bits per heavy atom. The number of aliphatic hydroxyl groups excluding tert-OH is 1. The molecule has 2 rings (SSSR count). The zero-order valence-corrected chi connectivity index (χ0v) is 15.8. The maximum Gasteiger partial charge on any atom is 0.0764 e. The Bertz CT molecular complexity index is 394. The van der Waals surface area contributed by atoms with Crippen LogP contribution in [0.5, 0.6) is 0 Å². The van der Waals surface area contributed by atoms with Crippen molar-refractivity contribution in [1.29, 1.82) is 0 Å². The van der Waals surface area contributed by atoms with Crippen LogP contribution in [0.25, 0.3) is 0 Å². The van der Waals surface area contributed by atoms with Gasteiger partial charge in [0.2, 0.25) is 0 Å². The van der Waals surface area contributed by atoms with E-state index in [2.05, 4.69) is 59.2 Å². The molecular weight excluding hydrogens is 391 g/mol. The molecule has 2 fully saturated rings. The van der Waals surface area contributed by atoms with Crippen molar-refractivity contribution < 1.29 is 5.11 Å². The zero-order chi connectivity index (χ0) is 14.6. The topological polar surface area (TPSA) is 20.2 Å². The van der Waals surface area contributed by atoms with Crippen LogP contribution in [-0.4, -0.2) is 25.7 Å². The number of hydrogen-bond acceptors (Lipinski definition) is 1. The first-order valence-corrected chi connectivity index (χ1v) is 9.10. The molecule has 5 atom stereocenters. The van der Waals surface area contributed by atoms with E-state index in [0.29, 0.717) is 4.83 Å². The van der Waals surface area contributed by atoms with E-state index in [-0.39, 0.29) is 20.5 Å². The first-order chi connectivity index (χ1) is 8.54. The van der Waals surface area contributed by atoms with E-state index in [0.717, 1.165) is 31.3 Å². The van der Waals surface area contributed by atoms with Gasteiger partial charge in [0.15, 0.2) is 0 Å². The second-order valence-electron chi connectivity index (χ2n) is 7.00. The van der Waals surface area contributed by atoms with Crippen molar-refractivity contribution >= 4 is 43.5 Å². The molecule has 110 valence electrons. The fraction of sp³-hybridized carbons (Fsp3) is 0.867. The average molecular weight is 415 g/mol. The summed E-state index contributed by atoms with van der Waals surface area (Å²) < 4.78 is 0. The third-order valence-corrected chi connectivity index (χ3v) is 9.25. The van der Waals surface area contributed by atoms with Gasteiger partial charge in [0.05, 0.1) is 11.0 Å². The van der Waals surface area contributed by atoms with Crippen LogP contribution in [0, 0.1) is 10.8 Å². The van der Waals surface area contributed by atoms with E-state index in [1.54, 1.807) is 0 Å². The Balaban J connectivity index is 2.42. The van der Waals surface area contributed by atoms with Gasteiger partial charge in [-0.2, -0.15) is 0 Å². The van der Waals surface area contributed by atoms with Gasteiger partial charge in [-0.25, -0.2) is 0 Å². The van der Waals surface area contributed by atoms with Gasteiger partial charge >= 0.3 is 0 Å². The number of hydrogen-bond donors (Lipinski definition) is 1. The van der Waals surface area contributed by atoms with Crippen LogP contribution in [0.15, 0.2) is 12.2 Å². The highest BCUT2D eigenvalue weighted by molar-refractivity contribution is 9.09. The summed E-state index contributed by atoms with van der Waals surface area (Å²) in [5, 5.41) is 10.3. The van der Waals surface area contributed by atoms with E-state index in [9.17, 15) is 5.11 Å². The second kappa shape index (κ2) is 5.00. The number of halogens is 3. The van der Waals surface area contributed by atoms with Gasteiger partial charge in [0.25, 0.3) is 0 Å². The van der Waals surface area contributed by atoms with Crippen molar-refractivity contribution in [3.63, 3.8) is 0 Å². The fourth-order valence-electron chi connectivity index (χ4n) is 3.78. The molecule has 1 N–H and O–H groups in total. The molecule has 4 heteroatoms. The molecule has 2 aliphatic carbocycles. The zero-order valence-electron chi connectivity index (χ0n) is 11.8. The van der Waals surface area contributed by atoms with Crippen molar-refractivity contribution in [3.8, 4) is 0 Å². The minimum absolute atomic E-state index is 0.0403. The molecule has 2 saturated carbocycles. The lowest BCUT2D eigenvalue weighted by atomic mass is 9.49. The Labute approximate surface area is 138 Å². The van der Waals surface area contributed by atoms with Crippen molar-refractivity contribution in [2.45, 2.75) is 67.1 Å². The normalized spacial score (nSPS) is 50.5. The maximum atomic E-state index is 10.3. The van der Waals surface area contributed by atoms with Gasteiger partial charge < -0.3 is 5.11 Å². The molecule has 0 aromatic rings. The van der Waals surface area contributed by atoms with Crippen LogP contribution >= 0.6 is 43.5 Å². The summed E-state index contributed by atoms with van der Waals surface area (Å²) in [5.74, 6) is 0. The summed E-state index contributed by atoms with van der Waals surface area (Å²) >= 11 is 14.1.